The molecule has 110 valence electrons. The molecule has 1 saturated heterocycles. The molecule has 3 heteroatoms. The van der Waals surface area contributed by atoms with Gasteiger partial charge in [-0.1, -0.05) is 30.3 Å². The molecule has 1 heterocycles. The average molecular weight is 276 g/mol. The Morgan fingerprint density at radius 3 is 2.65 bits per heavy atom. The van der Waals surface area contributed by atoms with E-state index in [1.807, 2.05) is 6.07 Å². The van der Waals surface area contributed by atoms with E-state index >= 15 is 0 Å². The van der Waals surface area contributed by atoms with E-state index in [1.54, 1.807) is 0 Å². The van der Waals surface area contributed by atoms with Gasteiger partial charge < -0.3 is 14.2 Å². The van der Waals surface area contributed by atoms with Gasteiger partial charge in [-0.05, 0) is 43.6 Å². The quantitative estimate of drug-likeness (QED) is 0.795. The van der Waals surface area contributed by atoms with Crippen molar-refractivity contribution in [2.75, 3.05) is 13.2 Å². The molecule has 3 rings (SSSR count). The van der Waals surface area contributed by atoms with Crippen molar-refractivity contribution in [3.63, 3.8) is 0 Å². The van der Waals surface area contributed by atoms with E-state index in [4.69, 9.17) is 14.2 Å². The Bertz CT molecular complexity index is 380. The van der Waals surface area contributed by atoms with Gasteiger partial charge in [0.1, 0.15) is 0 Å². The summed E-state index contributed by atoms with van der Waals surface area (Å²) in [6.45, 7) is 2.42. The fourth-order valence-electron chi connectivity index (χ4n) is 2.82. The number of benzene rings is 1. The summed E-state index contributed by atoms with van der Waals surface area (Å²) in [5.74, 6) is 0.654. The minimum atomic E-state index is 0.0491. The molecular weight excluding hydrogens is 252 g/mol. The molecule has 1 aromatic rings. The van der Waals surface area contributed by atoms with Gasteiger partial charge in [-0.2, -0.15) is 0 Å². The fourth-order valence-corrected chi connectivity index (χ4v) is 2.82. The molecule has 3 nitrogen and oxygen atoms in total. The molecule has 1 aliphatic carbocycles. The summed E-state index contributed by atoms with van der Waals surface area (Å²) < 4.78 is 17.3. The summed E-state index contributed by atoms with van der Waals surface area (Å²) in [5.41, 5.74) is 1.25. The van der Waals surface area contributed by atoms with Gasteiger partial charge >= 0.3 is 0 Å². The molecule has 20 heavy (non-hydrogen) atoms. The molecule has 2 aliphatic rings. The summed E-state index contributed by atoms with van der Waals surface area (Å²) in [4.78, 5) is 0. The zero-order chi connectivity index (χ0) is 13.6. The first-order valence-electron chi connectivity index (χ1n) is 7.79. The first-order chi connectivity index (χ1) is 9.90. The van der Waals surface area contributed by atoms with E-state index < -0.39 is 0 Å². The van der Waals surface area contributed by atoms with Crippen molar-refractivity contribution in [3.8, 4) is 0 Å². The highest BCUT2D eigenvalue weighted by molar-refractivity contribution is 5.13. The Hall–Kier alpha value is -0.900. The normalized spacial score (nSPS) is 29.9. The van der Waals surface area contributed by atoms with Crippen LogP contribution in [0.4, 0.5) is 0 Å². The highest BCUT2D eigenvalue weighted by Crippen LogP contribution is 2.31. The summed E-state index contributed by atoms with van der Waals surface area (Å²) in [6.07, 6.45) is 6.18. The maximum absolute atomic E-state index is 5.90. The van der Waals surface area contributed by atoms with Crippen LogP contribution in [0.15, 0.2) is 30.3 Å². The highest BCUT2D eigenvalue weighted by atomic mass is 16.7. The summed E-state index contributed by atoms with van der Waals surface area (Å²) in [5, 5.41) is 0. The SMILES string of the molecule is c1ccc(COC2CC(COC3CCCCO3)C2)cc1. The van der Waals surface area contributed by atoms with Crippen molar-refractivity contribution in [3.05, 3.63) is 35.9 Å². The molecular formula is C17H24O3. The lowest BCUT2D eigenvalue weighted by atomic mass is 9.83. The van der Waals surface area contributed by atoms with E-state index in [1.165, 1.54) is 18.4 Å². The first-order valence-corrected chi connectivity index (χ1v) is 7.79. The van der Waals surface area contributed by atoms with Crippen LogP contribution in [0.25, 0.3) is 0 Å². The molecule has 0 bridgehead atoms. The molecule has 0 radical (unpaired) electrons. The third kappa shape index (κ3) is 4.05. The largest absolute Gasteiger partial charge is 0.374 e. The maximum Gasteiger partial charge on any atom is 0.157 e. The van der Waals surface area contributed by atoms with E-state index in [0.717, 1.165) is 39.1 Å². The zero-order valence-corrected chi connectivity index (χ0v) is 12.0. The second kappa shape index (κ2) is 7.21. The van der Waals surface area contributed by atoms with Crippen molar-refractivity contribution in [1.82, 2.24) is 0 Å². The molecule has 2 fully saturated rings. The van der Waals surface area contributed by atoms with Gasteiger partial charge in [0, 0.05) is 6.61 Å². The van der Waals surface area contributed by atoms with Crippen LogP contribution < -0.4 is 0 Å². The molecule has 0 aromatic heterocycles. The lowest BCUT2D eigenvalue weighted by Crippen LogP contribution is -2.36. The molecule has 1 aliphatic heterocycles. The van der Waals surface area contributed by atoms with Gasteiger partial charge in [0.2, 0.25) is 0 Å². The van der Waals surface area contributed by atoms with Crippen LogP contribution >= 0.6 is 0 Å². The Morgan fingerprint density at radius 2 is 1.90 bits per heavy atom. The van der Waals surface area contributed by atoms with Gasteiger partial charge in [0.05, 0.1) is 19.3 Å². The molecule has 1 aromatic carbocycles. The third-order valence-corrected chi connectivity index (χ3v) is 4.18. The second-order valence-electron chi connectivity index (χ2n) is 5.89. The van der Waals surface area contributed by atoms with Crippen molar-refractivity contribution in [1.29, 1.82) is 0 Å². The minimum Gasteiger partial charge on any atom is -0.374 e. The van der Waals surface area contributed by atoms with Crippen LogP contribution in [-0.4, -0.2) is 25.6 Å². The van der Waals surface area contributed by atoms with Crippen LogP contribution in [0.3, 0.4) is 0 Å². The van der Waals surface area contributed by atoms with Crippen LogP contribution in [0.2, 0.25) is 0 Å². The second-order valence-corrected chi connectivity index (χ2v) is 5.89. The van der Waals surface area contributed by atoms with Gasteiger partial charge in [-0.15, -0.1) is 0 Å². The van der Waals surface area contributed by atoms with Gasteiger partial charge in [0.15, 0.2) is 6.29 Å². The molecule has 1 atom stereocenters. The standard InChI is InChI=1S/C17H24O3/c1-2-6-14(7-3-1)12-19-16-10-15(11-16)13-20-17-8-4-5-9-18-17/h1-3,6-7,15-17H,4-5,8-13H2. The Morgan fingerprint density at radius 1 is 1.05 bits per heavy atom. The van der Waals surface area contributed by atoms with Crippen LogP contribution in [0.5, 0.6) is 0 Å². The predicted molar refractivity (Wildman–Crippen MR) is 77.3 cm³/mol. The predicted octanol–water partition coefficient (Wildman–Crippen LogP) is 3.53. The molecule has 0 spiro atoms. The van der Waals surface area contributed by atoms with Crippen molar-refractivity contribution in [2.45, 2.75) is 51.1 Å². The molecule has 1 unspecified atom stereocenters. The van der Waals surface area contributed by atoms with Gasteiger partial charge in [-0.25, -0.2) is 0 Å². The van der Waals surface area contributed by atoms with E-state index in [-0.39, 0.29) is 6.29 Å². The number of ether oxygens (including phenoxy) is 3. The number of hydrogen-bond donors (Lipinski definition) is 0. The molecule has 0 amide bonds. The molecule has 1 saturated carbocycles. The van der Waals surface area contributed by atoms with Crippen molar-refractivity contribution < 1.29 is 14.2 Å². The first kappa shape index (κ1) is 14.1. The lowest BCUT2D eigenvalue weighted by Gasteiger charge is -2.36. The number of rotatable bonds is 6. The fraction of sp³-hybridized carbons (Fsp3) is 0.647. The lowest BCUT2D eigenvalue weighted by molar-refractivity contribution is -0.180. The summed E-state index contributed by atoms with van der Waals surface area (Å²) in [6, 6.07) is 10.4. The molecule has 0 N–H and O–H groups in total. The maximum atomic E-state index is 5.90. The van der Waals surface area contributed by atoms with Crippen LogP contribution in [0.1, 0.15) is 37.7 Å². The van der Waals surface area contributed by atoms with E-state index in [9.17, 15) is 0 Å². The van der Waals surface area contributed by atoms with Gasteiger partial charge in [-0.3, -0.25) is 0 Å². The van der Waals surface area contributed by atoms with E-state index in [0.29, 0.717) is 12.0 Å². The third-order valence-electron chi connectivity index (χ3n) is 4.18. The summed E-state index contributed by atoms with van der Waals surface area (Å²) in [7, 11) is 0. The highest BCUT2D eigenvalue weighted by Gasteiger charge is 2.30. The number of hydrogen-bond acceptors (Lipinski definition) is 3. The average Bonchev–Trinajstić information content (AvgIpc) is 2.47. The minimum absolute atomic E-state index is 0.0491. The van der Waals surface area contributed by atoms with Crippen molar-refractivity contribution >= 4 is 0 Å². The summed E-state index contributed by atoms with van der Waals surface area (Å²) >= 11 is 0. The van der Waals surface area contributed by atoms with E-state index in [2.05, 4.69) is 24.3 Å². The van der Waals surface area contributed by atoms with Crippen molar-refractivity contribution in [2.24, 2.45) is 5.92 Å². The smallest absolute Gasteiger partial charge is 0.157 e. The zero-order valence-electron chi connectivity index (χ0n) is 12.0. The van der Waals surface area contributed by atoms with Crippen LogP contribution in [-0.2, 0) is 20.8 Å². The van der Waals surface area contributed by atoms with Crippen LogP contribution in [0, 0.1) is 5.92 Å². The Balaban J connectivity index is 1.27. The van der Waals surface area contributed by atoms with Gasteiger partial charge in [0.25, 0.3) is 0 Å². The monoisotopic (exact) mass is 276 g/mol. The Kier molecular flexibility index (Phi) is 5.06. The Labute approximate surface area is 121 Å². The topological polar surface area (TPSA) is 27.7 Å².